The number of esters is 1. The van der Waals surface area contributed by atoms with Gasteiger partial charge in [-0.3, -0.25) is 4.79 Å². The van der Waals surface area contributed by atoms with Gasteiger partial charge in [0.2, 0.25) is 0 Å². The zero-order chi connectivity index (χ0) is 25.5. The van der Waals surface area contributed by atoms with Crippen LogP contribution in [0.1, 0.15) is 34.7 Å². The van der Waals surface area contributed by atoms with Crippen LogP contribution in [0.2, 0.25) is 5.02 Å². The second-order valence-corrected chi connectivity index (χ2v) is 8.77. The van der Waals surface area contributed by atoms with Crippen molar-refractivity contribution < 1.29 is 19.1 Å². The summed E-state index contributed by atoms with van der Waals surface area (Å²) in [4.78, 5) is 30.2. The number of nitriles is 1. The fraction of sp³-hybridized carbons (Fsp3) is 0.214. The molecular formula is C28H24ClN3O4. The predicted molar refractivity (Wildman–Crippen MR) is 136 cm³/mol. The highest BCUT2D eigenvalue weighted by Crippen LogP contribution is 2.32. The standard InChI is InChI=1S/C28H24ClN3O4/c1-35-23-10-4-8-21(15-23)26-25(27(33)36-17-20-7-2-6-19(13-20)16-30)24(31-28(34)32-26)12-11-18-5-3-9-22(29)14-18/h2-10,13-15,25-26H,11-12,17H2,1H3,(H,32,34). The highest BCUT2D eigenvalue weighted by molar-refractivity contribution is 6.30. The molecule has 7 nitrogen and oxygen atoms in total. The lowest BCUT2D eigenvalue weighted by Gasteiger charge is -2.31. The summed E-state index contributed by atoms with van der Waals surface area (Å²) in [5.74, 6) is -0.756. The molecule has 0 aromatic heterocycles. The number of aliphatic imine (C=N–C) groups is 1. The Bertz CT molecular complexity index is 1350. The summed E-state index contributed by atoms with van der Waals surface area (Å²) in [6, 6.07) is 22.4. The highest BCUT2D eigenvalue weighted by atomic mass is 35.5. The molecule has 1 N–H and O–H groups in total. The molecule has 2 amide bonds. The van der Waals surface area contributed by atoms with Crippen LogP contribution in [0.15, 0.2) is 77.8 Å². The number of hydrogen-bond donors (Lipinski definition) is 1. The number of ether oxygens (including phenoxy) is 2. The number of rotatable bonds is 8. The van der Waals surface area contributed by atoms with Gasteiger partial charge in [0.25, 0.3) is 0 Å². The molecule has 0 radical (unpaired) electrons. The summed E-state index contributed by atoms with van der Waals surface area (Å²) in [5, 5.41) is 12.6. The van der Waals surface area contributed by atoms with Crippen LogP contribution in [-0.4, -0.2) is 24.8 Å². The number of carbonyl (C=O) groups excluding carboxylic acids is 2. The van der Waals surface area contributed by atoms with E-state index in [1.165, 1.54) is 0 Å². The molecule has 0 fully saturated rings. The van der Waals surface area contributed by atoms with Gasteiger partial charge in [-0.2, -0.15) is 5.26 Å². The zero-order valence-electron chi connectivity index (χ0n) is 19.6. The highest BCUT2D eigenvalue weighted by Gasteiger charge is 2.39. The van der Waals surface area contributed by atoms with Crippen molar-refractivity contribution in [3.63, 3.8) is 0 Å². The second-order valence-electron chi connectivity index (χ2n) is 8.33. The number of amides is 2. The van der Waals surface area contributed by atoms with E-state index in [9.17, 15) is 9.59 Å². The number of methoxy groups -OCH3 is 1. The number of nitrogens with one attached hydrogen (secondary N) is 1. The first kappa shape index (κ1) is 25.0. The van der Waals surface area contributed by atoms with E-state index in [4.69, 9.17) is 26.3 Å². The van der Waals surface area contributed by atoms with Gasteiger partial charge in [-0.1, -0.05) is 48.0 Å². The molecule has 2 atom stereocenters. The van der Waals surface area contributed by atoms with Gasteiger partial charge in [-0.05, 0) is 65.9 Å². The number of aryl methyl sites for hydroxylation is 1. The maximum Gasteiger partial charge on any atom is 0.341 e. The van der Waals surface area contributed by atoms with Crippen LogP contribution in [0.4, 0.5) is 4.79 Å². The van der Waals surface area contributed by atoms with Crippen molar-refractivity contribution in [2.75, 3.05) is 7.11 Å². The monoisotopic (exact) mass is 501 g/mol. The lowest BCUT2D eigenvalue weighted by Crippen LogP contribution is -2.45. The number of benzene rings is 3. The molecule has 2 unspecified atom stereocenters. The maximum absolute atomic E-state index is 13.5. The minimum absolute atomic E-state index is 0.00873. The molecule has 3 aromatic carbocycles. The lowest BCUT2D eigenvalue weighted by molar-refractivity contribution is -0.148. The quantitative estimate of drug-likeness (QED) is 0.415. The number of halogens is 1. The average molecular weight is 502 g/mol. The van der Waals surface area contributed by atoms with Gasteiger partial charge in [-0.25, -0.2) is 9.79 Å². The van der Waals surface area contributed by atoms with E-state index >= 15 is 0 Å². The van der Waals surface area contributed by atoms with Gasteiger partial charge in [0.15, 0.2) is 0 Å². The van der Waals surface area contributed by atoms with E-state index in [1.54, 1.807) is 55.6 Å². The molecule has 1 aliphatic rings. The minimum atomic E-state index is -0.840. The smallest absolute Gasteiger partial charge is 0.341 e. The molecule has 0 bridgehead atoms. The molecular weight excluding hydrogens is 478 g/mol. The van der Waals surface area contributed by atoms with Crippen LogP contribution in [0, 0.1) is 17.2 Å². The summed E-state index contributed by atoms with van der Waals surface area (Å²) >= 11 is 6.12. The largest absolute Gasteiger partial charge is 0.497 e. The van der Waals surface area contributed by atoms with E-state index in [1.807, 2.05) is 24.3 Å². The molecule has 36 heavy (non-hydrogen) atoms. The van der Waals surface area contributed by atoms with Crippen LogP contribution in [0.25, 0.3) is 0 Å². The zero-order valence-corrected chi connectivity index (χ0v) is 20.4. The summed E-state index contributed by atoms with van der Waals surface area (Å²) in [7, 11) is 1.55. The molecule has 0 aliphatic carbocycles. The van der Waals surface area contributed by atoms with Gasteiger partial charge < -0.3 is 14.8 Å². The van der Waals surface area contributed by atoms with Gasteiger partial charge >= 0.3 is 12.0 Å². The minimum Gasteiger partial charge on any atom is -0.497 e. The molecule has 1 heterocycles. The van der Waals surface area contributed by atoms with Crippen LogP contribution in [0.3, 0.4) is 0 Å². The van der Waals surface area contributed by atoms with Crippen LogP contribution in [0.5, 0.6) is 5.75 Å². The van der Waals surface area contributed by atoms with Crippen molar-refractivity contribution >= 4 is 29.3 Å². The van der Waals surface area contributed by atoms with Crippen LogP contribution in [-0.2, 0) is 22.6 Å². The first-order valence-corrected chi connectivity index (χ1v) is 11.8. The first-order chi connectivity index (χ1) is 17.5. The Hall–Kier alpha value is -4.15. The molecule has 0 saturated carbocycles. The SMILES string of the molecule is COc1cccc(C2NC(=O)N=C(CCc3cccc(Cl)c3)C2C(=O)OCc2cccc(C#N)c2)c1. The summed E-state index contributed by atoms with van der Waals surface area (Å²) < 4.78 is 11.0. The van der Waals surface area contributed by atoms with E-state index < -0.39 is 24.0 Å². The number of urea groups is 1. The van der Waals surface area contributed by atoms with Gasteiger partial charge in [-0.15, -0.1) is 0 Å². The van der Waals surface area contributed by atoms with Crippen molar-refractivity contribution in [3.8, 4) is 11.8 Å². The van der Waals surface area contributed by atoms with E-state index in [0.29, 0.717) is 46.0 Å². The van der Waals surface area contributed by atoms with E-state index in [-0.39, 0.29) is 6.61 Å². The Balaban J connectivity index is 1.62. The van der Waals surface area contributed by atoms with E-state index in [0.717, 1.165) is 5.56 Å². The van der Waals surface area contributed by atoms with Crippen LogP contribution >= 0.6 is 11.6 Å². The van der Waals surface area contributed by atoms with Crippen molar-refractivity contribution in [1.82, 2.24) is 5.32 Å². The molecule has 8 heteroatoms. The lowest BCUT2D eigenvalue weighted by atomic mass is 9.85. The van der Waals surface area contributed by atoms with Crippen molar-refractivity contribution in [2.45, 2.75) is 25.5 Å². The second kappa shape index (κ2) is 11.5. The van der Waals surface area contributed by atoms with Crippen molar-refractivity contribution in [3.05, 3.63) is 100 Å². The Morgan fingerprint density at radius 2 is 1.83 bits per heavy atom. The molecule has 3 aromatic rings. The maximum atomic E-state index is 13.5. The first-order valence-electron chi connectivity index (χ1n) is 11.4. The summed E-state index contributed by atoms with van der Waals surface area (Å²) in [6.45, 7) is -0.00873. The van der Waals surface area contributed by atoms with Gasteiger partial charge in [0, 0.05) is 10.7 Å². The number of carbonyl (C=O) groups is 2. The predicted octanol–water partition coefficient (Wildman–Crippen LogP) is 5.42. The number of hydrogen-bond acceptors (Lipinski definition) is 5. The fourth-order valence-electron chi connectivity index (χ4n) is 4.18. The molecule has 4 rings (SSSR count). The summed E-state index contributed by atoms with van der Waals surface area (Å²) in [6.07, 6.45) is 0.920. The third-order valence-electron chi connectivity index (χ3n) is 5.92. The van der Waals surface area contributed by atoms with Crippen LogP contribution < -0.4 is 10.1 Å². The number of nitrogens with zero attached hydrogens (tertiary/aromatic N) is 2. The van der Waals surface area contributed by atoms with Gasteiger partial charge in [0.1, 0.15) is 18.3 Å². The summed E-state index contributed by atoms with van der Waals surface area (Å²) in [5.41, 5.74) is 3.27. The molecule has 0 saturated heterocycles. The van der Waals surface area contributed by atoms with Crippen molar-refractivity contribution in [1.29, 1.82) is 5.26 Å². The Labute approximate surface area is 214 Å². The fourth-order valence-corrected chi connectivity index (χ4v) is 4.39. The molecule has 0 spiro atoms. The normalized spacial score (nSPS) is 16.9. The molecule has 1 aliphatic heterocycles. The van der Waals surface area contributed by atoms with E-state index in [2.05, 4.69) is 16.4 Å². The third kappa shape index (κ3) is 6.09. The Morgan fingerprint density at radius 3 is 2.61 bits per heavy atom. The average Bonchev–Trinajstić information content (AvgIpc) is 2.90. The Kier molecular flexibility index (Phi) is 7.99. The topological polar surface area (TPSA) is 101 Å². The molecule has 182 valence electrons. The van der Waals surface area contributed by atoms with Gasteiger partial charge in [0.05, 0.1) is 24.8 Å². The Morgan fingerprint density at radius 1 is 1.06 bits per heavy atom. The van der Waals surface area contributed by atoms with Crippen molar-refractivity contribution in [2.24, 2.45) is 10.9 Å². The third-order valence-corrected chi connectivity index (χ3v) is 6.15.